The van der Waals surface area contributed by atoms with Gasteiger partial charge in [0.25, 0.3) is 0 Å². The van der Waals surface area contributed by atoms with Gasteiger partial charge in [-0.25, -0.2) is 0 Å². The third kappa shape index (κ3) is 3.63. The SMILES string of the molecule is CCNC(C)CC1CCN(c2ccccc2OC)C1. The molecule has 3 nitrogen and oxygen atoms in total. The van der Waals surface area contributed by atoms with E-state index in [-0.39, 0.29) is 0 Å². The maximum atomic E-state index is 5.46. The standard InChI is InChI=1S/C16H26N2O/c1-4-17-13(2)11-14-9-10-18(12-14)15-7-5-6-8-16(15)19-3/h5-8,13-14,17H,4,9-12H2,1-3H3. The molecule has 2 unspecified atom stereocenters. The second kappa shape index (κ2) is 6.80. The normalized spacial score (nSPS) is 20.6. The number of anilines is 1. The topological polar surface area (TPSA) is 24.5 Å². The zero-order valence-corrected chi connectivity index (χ0v) is 12.4. The number of hydrogen-bond donors (Lipinski definition) is 1. The van der Waals surface area contributed by atoms with E-state index in [9.17, 15) is 0 Å². The van der Waals surface area contributed by atoms with Crippen LogP contribution in [0.3, 0.4) is 0 Å². The largest absolute Gasteiger partial charge is 0.495 e. The number of hydrogen-bond acceptors (Lipinski definition) is 3. The van der Waals surface area contributed by atoms with Crippen molar-refractivity contribution in [3.63, 3.8) is 0 Å². The predicted octanol–water partition coefficient (Wildman–Crippen LogP) is 2.91. The van der Waals surface area contributed by atoms with Gasteiger partial charge in [-0.15, -0.1) is 0 Å². The van der Waals surface area contributed by atoms with Gasteiger partial charge in [-0.3, -0.25) is 0 Å². The lowest BCUT2D eigenvalue weighted by Crippen LogP contribution is -2.29. The Kier molecular flexibility index (Phi) is 5.08. The fraction of sp³-hybridized carbons (Fsp3) is 0.625. The second-order valence-electron chi connectivity index (χ2n) is 5.47. The summed E-state index contributed by atoms with van der Waals surface area (Å²) in [5, 5.41) is 3.51. The molecule has 0 saturated carbocycles. The van der Waals surface area contributed by atoms with Crippen molar-refractivity contribution in [1.29, 1.82) is 0 Å². The fourth-order valence-corrected chi connectivity index (χ4v) is 3.07. The average Bonchev–Trinajstić information content (AvgIpc) is 2.87. The van der Waals surface area contributed by atoms with Crippen molar-refractivity contribution >= 4 is 5.69 Å². The van der Waals surface area contributed by atoms with Crippen LogP contribution >= 0.6 is 0 Å². The molecular weight excluding hydrogens is 236 g/mol. The summed E-state index contributed by atoms with van der Waals surface area (Å²) in [6.45, 7) is 7.81. The molecule has 106 valence electrons. The molecule has 2 atom stereocenters. The van der Waals surface area contributed by atoms with Crippen molar-refractivity contribution in [1.82, 2.24) is 5.32 Å². The molecule has 1 saturated heterocycles. The van der Waals surface area contributed by atoms with Crippen molar-refractivity contribution in [2.24, 2.45) is 5.92 Å². The monoisotopic (exact) mass is 262 g/mol. The summed E-state index contributed by atoms with van der Waals surface area (Å²) in [6.07, 6.45) is 2.55. The van der Waals surface area contributed by atoms with Crippen LogP contribution < -0.4 is 15.0 Å². The third-order valence-electron chi connectivity index (χ3n) is 3.95. The van der Waals surface area contributed by atoms with Crippen LogP contribution in [0.2, 0.25) is 0 Å². The highest BCUT2D eigenvalue weighted by atomic mass is 16.5. The summed E-state index contributed by atoms with van der Waals surface area (Å²) < 4.78 is 5.46. The van der Waals surface area contributed by atoms with Gasteiger partial charge in [0.05, 0.1) is 12.8 Å². The van der Waals surface area contributed by atoms with Gasteiger partial charge in [-0.2, -0.15) is 0 Å². The van der Waals surface area contributed by atoms with Crippen molar-refractivity contribution in [3.05, 3.63) is 24.3 Å². The Labute approximate surface area is 116 Å². The van der Waals surface area contributed by atoms with Crippen LogP contribution in [0.5, 0.6) is 5.75 Å². The number of ether oxygens (including phenoxy) is 1. The summed E-state index contributed by atoms with van der Waals surface area (Å²) in [4.78, 5) is 2.46. The molecule has 0 radical (unpaired) electrons. The summed E-state index contributed by atoms with van der Waals surface area (Å²) in [5.74, 6) is 1.78. The van der Waals surface area contributed by atoms with Crippen LogP contribution in [0.4, 0.5) is 5.69 Å². The third-order valence-corrected chi connectivity index (χ3v) is 3.95. The second-order valence-corrected chi connectivity index (χ2v) is 5.47. The molecule has 1 N–H and O–H groups in total. The highest BCUT2D eigenvalue weighted by molar-refractivity contribution is 5.58. The summed E-state index contributed by atoms with van der Waals surface area (Å²) in [7, 11) is 1.75. The lowest BCUT2D eigenvalue weighted by Gasteiger charge is -2.22. The van der Waals surface area contributed by atoms with E-state index in [1.807, 2.05) is 12.1 Å². The first-order valence-corrected chi connectivity index (χ1v) is 7.36. The average molecular weight is 262 g/mol. The van der Waals surface area contributed by atoms with Gasteiger partial charge < -0.3 is 15.0 Å². The first-order valence-electron chi connectivity index (χ1n) is 7.36. The summed E-state index contributed by atoms with van der Waals surface area (Å²) in [6, 6.07) is 8.95. The van der Waals surface area contributed by atoms with Crippen molar-refractivity contribution in [3.8, 4) is 5.75 Å². The van der Waals surface area contributed by atoms with Gasteiger partial charge in [-0.1, -0.05) is 19.1 Å². The summed E-state index contributed by atoms with van der Waals surface area (Å²) in [5.41, 5.74) is 1.24. The minimum absolute atomic E-state index is 0.618. The Morgan fingerprint density at radius 2 is 2.21 bits per heavy atom. The van der Waals surface area contributed by atoms with Gasteiger partial charge in [0.1, 0.15) is 5.75 Å². The number of para-hydroxylation sites is 2. The Balaban J connectivity index is 1.94. The van der Waals surface area contributed by atoms with Crippen molar-refractivity contribution in [2.45, 2.75) is 32.7 Å². The lowest BCUT2D eigenvalue weighted by atomic mass is 10.00. The molecule has 0 aromatic heterocycles. The van der Waals surface area contributed by atoms with Gasteiger partial charge in [0.15, 0.2) is 0 Å². The molecule has 3 heteroatoms. The number of nitrogens with zero attached hydrogens (tertiary/aromatic N) is 1. The Morgan fingerprint density at radius 3 is 2.95 bits per heavy atom. The molecule has 0 spiro atoms. The molecule has 1 heterocycles. The number of rotatable bonds is 6. The molecule has 1 aromatic carbocycles. The van der Waals surface area contributed by atoms with E-state index >= 15 is 0 Å². The van der Waals surface area contributed by atoms with Crippen LogP contribution in [0.25, 0.3) is 0 Å². The van der Waals surface area contributed by atoms with E-state index in [2.05, 4.69) is 36.2 Å². The fourth-order valence-electron chi connectivity index (χ4n) is 3.07. The Morgan fingerprint density at radius 1 is 1.42 bits per heavy atom. The quantitative estimate of drug-likeness (QED) is 0.853. The van der Waals surface area contributed by atoms with Gasteiger partial charge in [0, 0.05) is 19.1 Å². The molecule has 2 rings (SSSR count). The van der Waals surface area contributed by atoms with E-state index in [1.165, 1.54) is 18.5 Å². The molecule has 0 aliphatic carbocycles. The zero-order chi connectivity index (χ0) is 13.7. The smallest absolute Gasteiger partial charge is 0.142 e. The minimum atomic E-state index is 0.618. The van der Waals surface area contributed by atoms with Gasteiger partial charge in [-0.05, 0) is 44.4 Å². The van der Waals surface area contributed by atoms with Crippen LogP contribution in [-0.2, 0) is 0 Å². The molecule has 1 aliphatic heterocycles. The van der Waals surface area contributed by atoms with E-state index in [1.54, 1.807) is 7.11 Å². The minimum Gasteiger partial charge on any atom is -0.495 e. The molecule has 1 fully saturated rings. The Bertz CT molecular complexity index is 394. The maximum absolute atomic E-state index is 5.46. The maximum Gasteiger partial charge on any atom is 0.142 e. The molecule has 19 heavy (non-hydrogen) atoms. The van der Waals surface area contributed by atoms with Crippen LogP contribution in [0.1, 0.15) is 26.7 Å². The molecule has 1 aromatic rings. The van der Waals surface area contributed by atoms with Crippen LogP contribution in [-0.4, -0.2) is 32.8 Å². The molecule has 0 bridgehead atoms. The number of methoxy groups -OCH3 is 1. The number of benzene rings is 1. The van der Waals surface area contributed by atoms with Gasteiger partial charge in [0.2, 0.25) is 0 Å². The van der Waals surface area contributed by atoms with E-state index in [0.717, 1.165) is 31.3 Å². The van der Waals surface area contributed by atoms with Crippen molar-refractivity contribution in [2.75, 3.05) is 31.6 Å². The van der Waals surface area contributed by atoms with Gasteiger partial charge >= 0.3 is 0 Å². The van der Waals surface area contributed by atoms with E-state index in [0.29, 0.717) is 6.04 Å². The number of nitrogens with one attached hydrogen (secondary N) is 1. The Hall–Kier alpha value is -1.22. The van der Waals surface area contributed by atoms with E-state index in [4.69, 9.17) is 4.74 Å². The zero-order valence-electron chi connectivity index (χ0n) is 12.4. The van der Waals surface area contributed by atoms with Crippen LogP contribution in [0.15, 0.2) is 24.3 Å². The van der Waals surface area contributed by atoms with E-state index < -0.39 is 0 Å². The predicted molar refractivity (Wildman–Crippen MR) is 81.1 cm³/mol. The molecular formula is C16H26N2O. The van der Waals surface area contributed by atoms with Crippen LogP contribution in [0, 0.1) is 5.92 Å². The van der Waals surface area contributed by atoms with Crippen molar-refractivity contribution < 1.29 is 4.74 Å². The first-order chi connectivity index (χ1) is 9.24. The summed E-state index contributed by atoms with van der Waals surface area (Å²) >= 11 is 0. The lowest BCUT2D eigenvalue weighted by molar-refractivity contribution is 0.413. The highest BCUT2D eigenvalue weighted by Gasteiger charge is 2.25. The first kappa shape index (κ1) is 14.2. The molecule has 0 amide bonds. The molecule has 1 aliphatic rings. The highest BCUT2D eigenvalue weighted by Crippen LogP contribution is 2.33.